The number of non-ortho nitro benzene ring substituents is 1. The van der Waals surface area contributed by atoms with Crippen LogP contribution in [0.2, 0.25) is 0 Å². The van der Waals surface area contributed by atoms with Crippen molar-refractivity contribution in [2.75, 3.05) is 0 Å². The van der Waals surface area contributed by atoms with Gasteiger partial charge in [-0.05, 0) is 12.0 Å². The molecule has 0 aliphatic carbocycles. The summed E-state index contributed by atoms with van der Waals surface area (Å²) in [6.07, 6.45) is 0.624. The highest BCUT2D eigenvalue weighted by atomic mass is 16.6. The molecular formula is C11H13N3O3. The highest BCUT2D eigenvalue weighted by Gasteiger charge is 2.14. The Kier molecular flexibility index (Phi) is 2.71. The second-order valence-electron chi connectivity index (χ2n) is 4.37. The van der Waals surface area contributed by atoms with Gasteiger partial charge in [0, 0.05) is 18.6 Å². The monoisotopic (exact) mass is 235 g/mol. The zero-order valence-corrected chi connectivity index (χ0v) is 9.62. The van der Waals surface area contributed by atoms with Crippen molar-refractivity contribution < 1.29 is 10.1 Å². The smallest absolute Gasteiger partial charge is 0.271 e. The quantitative estimate of drug-likeness (QED) is 0.503. The van der Waals surface area contributed by atoms with E-state index in [1.807, 2.05) is 13.8 Å². The minimum absolute atomic E-state index is 0.0520. The first-order valence-electron chi connectivity index (χ1n) is 5.34. The van der Waals surface area contributed by atoms with Gasteiger partial charge in [0.15, 0.2) is 0 Å². The average Bonchev–Trinajstić information content (AvgIpc) is 2.55. The summed E-state index contributed by atoms with van der Waals surface area (Å²) in [6.45, 7) is 4.03. The molecule has 2 aromatic rings. The SMILES string of the molecule is CC(C)Cc1nc2ccc([N+](=O)[O-])cc2n1O. The van der Waals surface area contributed by atoms with Gasteiger partial charge in [0.2, 0.25) is 0 Å². The van der Waals surface area contributed by atoms with E-state index in [1.54, 1.807) is 6.07 Å². The number of nitrogens with zero attached hydrogens (tertiary/aromatic N) is 3. The minimum atomic E-state index is -0.492. The normalized spacial score (nSPS) is 11.2. The molecule has 0 aliphatic rings. The van der Waals surface area contributed by atoms with Crippen molar-refractivity contribution in [1.29, 1.82) is 0 Å². The molecule has 2 rings (SSSR count). The maximum Gasteiger partial charge on any atom is 0.271 e. The fraction of sp³-hybridized carbons (Fsp3) is 0.364. The van der Waals surface area contributed by atoms with Gasteiger partial charge in [-0.1, -0.05) is 13.8 Å². The molecule has 0 unspecified atom stereocenters. The highest BCUT2D eigenvalue weighted by Crippen LogP contribution is 2.22. The van der Waals surface area contributed by atoms with Crippen LogP contribution in [-0.4, -0.2) is 19.8 Å². The van der Waals surface area contributed by atoms with Crippen LogP contribution in [-0.2, 0) is 6.42 Å². The van der Waals surface area contributed by atoms with Gasteiger partial charge in [0.05, 0.1) is 10.4 Å². The van der Waals surface area contributed by atoms with Gasteiger partial charge >= 0.3 is 0 Å². The summed E-state index contributed by atoms with van der Waals surface area (Å²) < 4.78 is 0.933. The Morgan fingerprint density at radius 1 is 1.53 bits per heavy atom. The fourth-order valence-electron chi connectivity index (χ4n) is 1.71. The largest absolute Gasteiger partial charge is 0.427 e. The van der Waals surface area contributed by atoms with Crippen molar-refractivity contribution in [3.8, 4) is 0 Å². The minimum Gasteiger partial charge on any atom is -0.427 e. The lowest BCUT2D eigenvalue weighted by Crippen LogP contribution is -2.03. The molecule has 6 heteroatoms. The summed E-state index contributed by atoms with van der Waals surface area (Å²) in [4.78, 5) is 14.4. The molecule has 0 amide bonds. The molecular weight excluding hydrogens is 222 g/mol. The van der Waals surface area contributed by atoms with Gasteiger partial charge in [0.1, 0.15) is 11.3 Å². The fourth-order valence-corrected chi connectivity index (χ4v) is 1.71. The Morgan fingerprint density at radius 3 is 2.82 bits per heavy atom. The Bertz CT molecular complexity index is 575. The standard InChI is InChI=1S/C11H13N3O3/c1-7(2)5-11-12-9-4-3-8(14(16)17)6-10(9)13(11)15/h3-4,6-7,15H,5H2,1-2H3. The summed E-state index contributed by atoms with van der Waals surface area (Å²) in [5.74, 6) is 0.878. The molecule has 17 heavy (non-hydrogen) atoms. The predicted octanol–water partition coefficient (Wildman–Crippen LogP) is 2.38. The van der Waals surface area contributed by atoms with Gasteiger partial charge in [0.25, 0.3) is 5.69 Å². The van der Waals surface area contributed by atoms with Crippen LogP contribution in [0.5, 0.6) is 0 Å². The van der Waals surface area contributed by atoms with Crippen molar-refractivity contribution in [3.63, 3.8) is 0 Å². The van der Waals surface area contributed by atoms with E-state index in [4.69, 9.17) is 0 Å². The predicted molar refractivity (Wildman–Crippen MR) is 62.1 cm³/mol. The van der Waals surface area contributed by atoms with E-state index < -0.39 is 4.92 Å². The maximum atomic E-state index is 10.6. The summed E-state index contributed by atoms with van der Waals surface area (Å²) in [5, 5.41) is 20.5. The molecule has 0 saturated carbocycles. The molecule has 0 aliphatic heterocycles. The zero-order chi connectivity index (χ0) is 12.6. The van der Waals surface area contributed by atoms with Crippen LogP contribution in [0, 0.1) is 16.0 Å². The molecule has 0 fully saturated rings. The molecule has 90 valence electrons. The summed E-state index contributed by atoms with van der Waals surface area (Å²) in [5.41, 5.74) is 0.882. The molecule has 1 heterocycles. The number of benzene rings is 1. The zero-order valence-electron chi connectivity index (χ0n) is 9.62. The van der Waals surface area contributed by atoms with E-state index in [0.717, 1.165) is 4.73 Å². The topological polar surface area (TPSA) is 81.2 Å². The molecule has 0 bridgehead atoms. The molecule has 1 aromatic heterocycles. The van der Waals surface area contributed by atoms with Gasteiger partial charge in [-0.25, -0.2) is 4.98 Å². The summed E-state index contributed by atoms with van der Waals surface area (Å²) in [7, 11) is 0. The van der Waals surface area contributed by atoms with Crippen molar-refractivity contribution in [3.05, 3.63) is 34.1 Å². The van der Waals surface area contributed by atoms with E-state index in [9.17, 15) is 15.3 Å². The Hall–Kier alpha value is -2.11. The number of hydrogen-bond donors (Lipinski definition) is 1. The number of fused-ring (bicyclic) bond motifs is 1. The first-order chi connectivity index (χ1) is 7.99. The Labute approximate surface area is 97.6 Å². The molecule has 1 N–H and O–H groups in total. The number of hydrogen-bond acceptors (Lipinski definition) is 4. The second-order valence-corrected chi connectivity index (χ2v) is 4.37. The van der Waals surface area contributed by atoms with Crippen LogP contribution < -0.4 is 0 Å². The lowest BCUT2D eigenvalue weighted by molar-refractivity contribution is -0.384. The van der Waals surface area contributed by atoms with E-state index >= 15 is 0 Å². The van der Waals surface area contributed by atoms with Crippen LogP contribution in [0.4, 0.5) is 5.69 Å². The highest BCUT2D eigenvalue weighted by molar-refractivity contribution is 5.78. The Morgan fingerprint density at radius 2 is 2.24 bits per heavy atom. The third-order valence-corrected chi connectivity index (χ3v) is 2.48. The molecule has 6 nitrogen and oxygen atoms in total. The average molecular weight is 235 g/mol. The van der Waals surface area contributed by atoms with Crippen molar-refractivity contribution in [1.82, 2.24) is 9.71 Å². The van der Waals surface area contributed by atoms with Crippen molar-refractivity contribution in [2.24, 2.45) is 5.92 Å². The van der Waals surface area contributed by atoms with E-state index in [2.05, 4.69) is 4.98 Å². The lowest BCUT2D eigenvalue weighted by Gasteiger charge is -2.02. The number of imidazole rings is 1. The molecule has 1 aromatic carbocycles. The molecule has 0 spiro atoms. The maximum absolute atomic E-state index is 10.6. The molecule has 0 atom stereocenters. The van der Waals surface area contributed by atoms with Gasteiger partial charge in [-0.3, -0.25) is 10.1 Å². The molecule has 0 saturated heterocycles. The Balaban J connectivity index is 2.54. The number of nitro benzene ring substituents is 1. The van der Waals surface area contributed by atoms with E-state index in [-0.39, 0.29) is 5.69 Å². The van der Waals surface area contributed by atoms with Gasteiger partial charge < -0.3 is 5.21 Å². The number of rotatable bonds is 3. The summed E-state index contributed by atoms with van der Waals surface area (Å²) >= 11 is 0. The van der Waals surface area contributed by atoms with Gasteiger partial charge in [-0.15, -0.1) is 0 Å². The number of aromatic nitrogens is 2. The number of nitro groups is 1. The third-order valence-electron chi connectivity index (χ3n) is 2.48. The van der Waals surface area contributed by atoms with Crippen LogP contribution in [0.3, 0.4) is 0 Å². The second kappa shape index (κ2) is 4.04. The van der Waals surface area contributed by atoms with Gasteiger partial charge in [-0.2, -0.15) is 4.73 Å². The first kappa shape index (κ1) is 11.4. The van der Waals surface area contributed by atoms with Crippen molar-refractivity contribution >= 4 is 16.7 Å². The van der Waals surface area contributed by atoms with Crippen LogP contribution >= 0.6 is 0 Å². The van der Waals surface area contributed by atoms with Crippen molar-refractivity contribution in [2.45, 2.75) is 20.3 Å². The van der Waals surface area contributed by atoms with Crippen LogP contribution in [0.25, 0.3) is 11.0 Å². The van der Waals surface area contributed by atoms with Crippen LogP contribution in [0.15, 0.2) is 18.2 Å². The summed E-state index contributed by atoms with van der Waals surface area (Å²) in [6, 6.07) is 4.25. The first-order valence-corrected chi connectivity index (χ1v) is 5.34. The molecule has 0 radical (unpaired) electrons. The van der Waals surface area contributed by atoms with E-state index in [0.29, 0.717) is 29.2 Å². The van der Waals surface area contributed by atoms with E-state index in [1.165, 1.54) is 12.1 Å². The van der Waals surface area contributed by atoms with Crippen LogP contribution in [0.1, 0.15) is 19.7 Å². The lowest BCUT2D eigenvalue weighted by atomic mass is 10.1. The third kappa shape index (κ3) is 2.06.